The Morgan fingerprint density at radius 2 is 1.95 bits per heavy atom. The van der Waals surface area contributed by atoms with Gasteiger partial charge in [0.05, 0.1) is 22.5 Å². The van der Waals surface area contributed by atoms with Crippen molar-refractivity contribution in [1.82, 2.24) is 10.9 Å². The summed E-state index contributed by atoms with van der Waals surface area (Å²) >= 11 is 11.9. The highest BCUT2D eigenvalue weighted by atomic mass is 35.5. The molecule has 2 rings (SSSR count). The molecule has 1 aromatic carbocycles. The Kier molecular flexibility index (Phi) is 4.37. The number of hydrogen-bond acceptors (Lipinski definition) is 3. The molecule has 1 amide bonds. The lowest BCUT2D eigenvalue weighted by molar-refractivity contribution is 0.0941. The molecule has 0 radical (unpaired) electrons. The highest BCUT2D eigenvalue weighted by molar-refractivity contribution is 6.35. The molecule has 0 saturated heterocycles. The van der Waals surface area contributed by atoms with Gasteiger partial charge in [0, 0.05) is 10.6 Å². The van der Waals surface area contributed by atoms with E-state index in [1.54, 1.807) is 31.2 Å². The molecular formula is C14H12Cl2N2O2. The maximum absolute atomic E-state index is 11.9. The van der Waals surface area contributed by atoms with Gasteiger partial charge in [-0.3, -0.25) is 15.6 Å². The molecule has 0 aliphatic rings. The number of benzene rings is 1. The van der Waals surface area contributed by atoms with Crippen molar-refractivity contribution in [2.45, 2.75) is 6.92 Å². The predicted octanol–water partition coefficient (Wildman–Crippen LogP) is 3.80. The molecule has 20 heavy (non-hydrogen) atoms. The lowest BCUT2D eigenvalue weighted by atomic mass is 10.2. The number of amides is 1. The first-order chi connectivity index (χ1) is 9.49. The zero-order valence-corrected chi connectivity index (χ0v) is 12.2. The minimum Gasteiger partial charge on any atom is -0.469 e. The third-order valence-electron chi connectivity index (χ3n) is 2.69. The standard InChI is InChI=1S/C14H12Cl2N2O2/c1-8(11-4-3-10(15)7-13(11)16)17-18-14(19)12-5-6-20-9(12)2/h3-7,17H,1H2,2H3,(H,18,19). The molecule has 1 aromatic heterocycles. The highest BCUT2D eigenvalue weighted by Crippen LogP contribution is 2.24. The number of halogens is 2. The van der Waals surface area contributed by atoms with Gasteiger partial charge in [-0.05, 0) is 31.2 Å². The number of carbonyl (C=O) groups excluding carboxylic acids is 1. The van der Waals surface area contributed by atoms with Gasteiger partial charge in [-0.1, -0.05) is 29.8 Å². The molecule has 0 aliphatic heterocycles. The summed E-state index contributed by atoms with van der Waals surface area (Å²) in [5.41, 5.74) is 6.80. The van der Waals surface area contributed by atoms with Crippen molar-refractivity contribution >= 4 is 34.8 Å². The van der Waals surface area contributed by atoms with E-state index < -0.39 is 0 Å². The van der Waals surface area contributed by atoms with Gasteiger partial charge >= 0.3 is 0 Å². The molecule has 0 aliphatic carbocycles. The summed E-state index contributed by atoms with van der Waals surface area (Å²) in [5, 5.41) is 0.980. The van der Waals surface area contributed by atoms with Gasteiger partial charge in [0.15, 0.2) is 0 Å². The summed E-state index contributed by atoms with van der Waals surface area (Å²) in [4.78, 5) is 11.9. The summed E-state index contributed by atoms with van der Waals surface area (Å²) < 4.78 is 5.06. The van der Waals surface area contributed by atoms with Crippen molar-refractivity contribution in [1.29, 1.82) is 0 Å². The van der Waals surface area contributed by atoms with Gasteiger partial charge in [-0.2, -0.15) is 0 Å². The number of rotatable bonds is 4. The Bertz CT molecular complexity index is 665. The Hall–Kier alpha value is -1.91. The van der Waals surface area contributed by atoms with Crippen LogP contribution in [0.5, 0.6) is 0 Å². The van der Waals surface area contributed by atoms with Crippen LogP contribution < -0.4 is 10.9 Å². The number of aryl methyl sites for hydroxylation is 1. The first kappa shape index (κ1) is 14.5. The second kappa shape index (κ2) is 6.03. The van der Waals surface area contributed by atoms with Gasteiger partial charge < -0.3 is 4.42 Å². The fourth-order valence-corrected chi connectivity index (χ4v) is 2.14. The summed E-state index contributed by atoms with van der Waals surface area (Å²) in [6.45, 7) is 5.52. The second-order valence-electron chi connectivity index (χ2n) is 4.07. The van der Waals surface area contributed by atoms with E-state index in [1.807, 2.05) is 0 Å². The number of hydrazine groups is 1. The largest absolute Gasteiger partial charge is 0.469 e. The average Bonchev–Trinajstić information content (AvgIpc) is 2.82. The van der Waals surface area contributed by atoms with Crippen molar-refractivity contribution in [3.8, 4) is 0 Å². The average molecular weight is 311 g/mol. The van der Waals surface area contributed by atoms with Gasteiger partial charge in [-0.25, -0.2) is 0 Å². The number of hydrogen-bond donors (Lipinski definition) is 2. The summed E-state index contributed by atoms with van der Waals surface area (Å²) in [5.74, 6) is 0.224. The van der Waals surface area contributed by atoms with E-state index in [1.165, 1.54) is 6.26 Å². The Labute approximate surface area is 126 Å². The topological polar surface area (TPSA) is 54.3 Å². The van der Waals surface area contributed by atoms with Gasteiger partial charge in [0.2, 0.25) is 0 Å². The molecule has 2 N–H and O–H groups in total. The molecule has 104 valence electrons. The molecule has 0 spiro atoms. The molecule has 0 atom stereocenters. The summed E-state index contributed by atoms with van der Waals surface area (Å²) in [7, 11) is 0. The monoisotopic (exact) mass is 310 g/mol. The highest BCUT2D eigenvalue weighted by Gasteiger charge is 2.12. The SMILES string of the molecule is C=C(NNC(=O)c1ccoc1C)c1ccc(Cl)cc1Cl. The van der Waals surface area contributed by atoms with E-state index in [4.69, 9.17) is 27.6 Å². The minimum atomic E-state index is -0.317. The third-order valence-corrected chi connectivity index (χ3v) is 3.23. The summed E-state index contributed by atoms with van der Waals surface area (Å²) in [6, 6.07) is 6.60. The molecule has 0 saturated carbocycles. The maximum Gasteiger partial charge on any atom is 0.273 e. The van der Waals surface area contributed by atoms with Crippen LogP contribution in [0.1, 0.15) is 21.7 Å². The van der Waals surface area contributed by atoms with Crippen LogP contribution in [0.4, 0.5) is 0 Å². The van der Waals surface area contributed by atoms with Gasteiger partial charge in [0.25, 0.3) is 5.91 Å². The maximum atomic E-state index is 11.9. The van der Waals surface area contributed by atoms with Crippen LogP contribution in [0.2, 0.25) is 10.0 Å². The van der Waals surface area contributed by atoms with E-state index in [-0.39, 0.29) is 5.91 Å². The number of carbonyl (C=O) groups is 1. The lowest BCUT2D eigenvalue weighted by Gasteiger charge is -2.12. The zero-order valence-electron chi connectivity index (χ0n) is 10.7. The van der Waals surface area contributed by atoms with E-state index in [2.05, 4.69) is 17.4 Å². The first-order valence-electron chi connectivity index (χ1n) is 5.74. The van der Waals surface area contributed by atoms with Gasteiger partial charge in [-0.15, -0.1) is 0 Å². The zero-order chi connectivity index (χ0) is 14.7. The quantitative estimate of drug-likeness (QED) is 0.845. The van der Waals surface area contributed by atoms with Crippen LogP contribution in [-0.2, 0) is 0 Å². The smallest absolute Gasteiger partial charge is 0.273 e. The molecule has 1 heterocycles. The third kappa shape index (κ3) is 3.15. The fourth-order valence-electron chi connectivity index (χ4n) is 1.62. The Morgan fingerprint density at radius 1 is 1.20 bits per heavy atom. The second-order valence-corrected chi connectivity index (χ2v) is 4.92. The minimum absolute atomic E-state index is 0.317. The van der Waals surface area contributed by atoms with Crippen LogP contribution in [0, 0.1) is 6.92 Å². The van der Waals surface area contributed by atoms with Crippen molar-refractivity contribution in [2.24, 2.45) is 0 Å². The molecular weight excluding hydrogens is 299 g/mol. The predicted molar refractivity (Wildman–Crippen MR) is 79.5 cm³/mol. The van der Waals surface area contributed by atoms with E-state index in [0.717, 1.165) is 0 Å². The molecule has 6 heteroatoms. The summed E-state index contributed by atoms with van der Waals surface area (Å²) in [6.07, 6.45) is 1.45. The van der Waals surface area contributed by atoms with Crippen molar-refractivity contribution in [3.05, 3.63) is 64.0 Å². The fraction of sp³-hybridized carbons (Fsp3) is 0.0714. The Morgan fingerprint density at radius 3 is 2.55 bits per heavy atom. The molecule has 2 aromatic rings. The van der Waals surface area contributed by atoms with Crippen molar-refractivity contribution in [3.63, 3.8) is 0 Å². The lowest BCUT2D eigenvalue weighted by Crippen LogP contribution is -2.36. The normalized spacial score (nSPS) is 10.2. The molecule has 0 fully saturated rings. The van der Waals surface area contributed by atoms with Gasteiger partial charge in [0.1, 0.15) is 5.76 Å². The van der Waals surface area contributed by atoms with Crippen molar-refractivity contribution < 1.29 is 9.21 Å². The molecule has 4 nitrogen and oxygen atoms in total. The van der Waals surface area contributed by atoms with E-state index in [9.17, 15) is 4.79 Å². The van der Waals surface area contributed by atoms with Crippen LogP contribution in [0.25, 0.3) is 5.70 Å². The number of furan rings is 1. The van der Waals surface area contributed by atoms with Crippen LogP contribution in [0.3, 0.4) is 0 Å². The number of nitrogens with one attached hydrogen (secondary N) is 2. The Balaban J connectivity index is 2.02. The van der Waals surface area contributed by atoms with Crippen molar-refractivity contribution in [2.75, 3.05) is 0 Å². The molecule has 0 unspecified atom stereocenters. The van der Waals surface area contributed by atoms with Crippen LogP contribution in [0.15, 0.2) is 41.5 Å². The first-order valence-corrected chi connectivity index (χ1v) is 6.49. The molecule has 0 bridgehead atoms. The van der Waals surface area contributed by atoms with Crippen LogP contribution in [-0.4, -0.2) is 5.91 Å². The van der Waals surface area contributed by atoms with E-state index >= 15 is 0 Å². The van der Waals surface area contributed by atoms with E-state index in [0.29, 0.717) is 32.6 Å². The van der Waals surface area contributed by atoms with Crippen LogP contribution >= 0.6 is 23.2 Å².